The number of piperidine rings is 1. The van der Waals surface area contributed by atoms with Crippen molar-refractivity contribution >= 4 is 0 Å². The molecule has 1 heterocycles. The van der Waals surface area contributed by atoms with Gasteiger partial charge in [-0.1, -0.05) is 6.07 Å². The maximum Gasteiger partial charge on any atom is 0.419 e. The number of halogens is 4. The van der Waals surface area contributed by atoms with E-state index in [1.54, 1.807) is 0 Å². The fourth-order valence-electron chi connectivity index (χ4n) is 2.75. The molecule has 0 aliphatic carbocycles. The Morgan fingerprint density at radius 1 is 1.29 bits per heavy atom. The van der Waals surface area contributed by atoms with E-state index in [4.69, 9.17) is 0 Å². The summed E-state index contributed by atoms with van der Waals surface area (Å²) >= 11 is 0. The molecule has 118 valence electrons. The molecule has 2 nitrogen and oxygen atoms in total. The van der Waals surface area contributed by atoms with Crippen LogP contribution in [0.25, 0.3) is 0 Å². The number of alkyl halides is 3. The van der Waals surface area contributed by atoms with Crippen LogP contribution in [0.15, 0.2) is 18.2 Å². The molecule has 1 aliphatic heterocycles. The smallest absolute Gasteiger partial charge is 0.396 e. The molecule has 0 amide bonds. The summed E-state index contributed by atoms with van der Waals surface area (Å²) in [6, 6.07) is 3.38. The molecule has 2 unspecified atom stereocenters. The summed E-state index contributed by atoms with van der Waals surface area (Å²) in [4.78, 5) is 2.04. The van der Waals surface area contributed by atoms with Crippen molar-refractivity contribution in [2.45, 2.75) is 38.5 Å². The number of aliphatic hydroxyl groups excluding tert-OH is 1. The van der Waals surface area contributed by atoms with Crippen LogP contribution in [-0.2, 0) is 12.7 Å². The van der Waals surface area contributed by atoms with Gasteiger partial charge in [0, 0.05) is 25.7 Å². The SMILES string of the molecule is CC1CCC(CO)CN1Cc1ccc(F)c(C(F)(F)F)c1. The van der Waals surface area contributed by atoms with E-state index in [0.29, 0.717) is 18.7 Å². The third-order valence-electron chi connectivity index (χ3n) is 4.09. The summed E-state index contributed by atoms with van der Waals surface area (Å²) in [5.74, 6) is -1.09. The Bertz CT molecular complexity index is 489. The predicted octanol–water partition coefficient (Wildman–Crippen LogP) is 3.44. The highest BCUT2D eigenvalue weighted by atomic mass is 19.4. The molecule has 21 heavy (non-hydrogen) atoms. The van der Waals surface area contributed by atoms with E-state index in [2.05, 4.69) is 0 Å². The Morgan fingerprint density at radius 3 is 2.62 bits per heavy atom. The lowest BCUT2D eigenvalue weighted by Crippen LogP contribution is -2.42. The first kappa shape index (κ1) is 16.2. The molecule has 1 N–H and O–H groups in total. The van der Waals surface area contributed by atoms with Crippen LogP contribution in [0, 0.1) is 11.7 Å². The van der Waals surface area contributed by atoms with Gasteiger partial charge in [0.2, 0.25) is 0 Å². The van der Waals surface area contributed by atoms with Crippen LogP contribution in [0.3, 0.4) is 0 Å². The number of likely N-dealkylation sites (tertiary alicyclic amines) is 1. The van der Waals surface area contributed by atoms with Gasteiger partial charge in [-0.15, -0.1) is 0 Å². The first-order valence-electron chi connectivity index (χ1n) is 7.01. The van der Waals surface area contributed by atoms with Gasteiger partial charge in [0.1, 0.15) is 5.82 Å². The molecule has 1 saturated heterocycles. The van der Waals surface area contributed by atoms with Gasteiger partial charge >= 0.3 is 6.18 Å². The third-order valence-corrected chi connectivity index (χ3v) is 4.09. The van der Waals surface area contributed by atoms with Crippen LogP contribution in [0.4, 0.5) is 17.6 Å². The number of hydrogen-bond acceptors (Lipinski definition) is 2. The number of hydrogen-bond donors (Lipinski definition) is 1. The first-order valence-corrected chi connectivity index (χ1v) is 7.01. The number of nitrogens with zero attached hydrogens (tertiary/aromatic N) is 1. The Morgan fingerprint density at radius 2 is 2.00 bits per heavy atom. The zero-order valence-corrected chi connectivity index (χ0v) is 11.8. The standard InChI is InChI=1S/C15H19F4NO/c1-10-2-3-12(9-21)8-20(10)7-11-4-5-14(16)13(6-11)15(17,18)19/h4-6,10,12,21H,2-3,7-9H2,1H3. The highest BCUT2D eigenvalue weighted by molar-refractivity contribution is 5.27. The Hall–Kier alpha value is -1.14. The maximum atomic E-state index is 13.3. The van der Waals surface area contributed by atoms with Crippen molar-refractivity contribution in [1.82, 2.24) is 4.90 Å². The van der Waals surface area contributed by atoms with Crippen molar-refractivity contribution in [2.24, 2.45) is 5.92 Å². The Labute approximate surface area is 121 Å². The van der Waals surface area contributed by atoms with Crippen molar-refractivity contribution < 1.29 is 22.7 Å². The summed E-state index contributed by atoms with van der Waals surface area (Å²) in [5.41, 5.74) is -0.780. The van der Waals surface area contributed by atoms with Gasteiger partial charge in [-0.05, 0) is 43.4 Å². The normalized spacial score (nSPS) is 24.3. The largest absolute Gasteiger partial charge is 0.419 e. The molecule has 6 heteroatoms. The third kappa shape index (κ3) is 3.95. The van der Waals surface area contributed by atoms with E-state index in [-0.39, 0.29) is 18.6 Å². The van der Waals surface area contributed by atoms with Crippen molar-refractivity contribution in [2.75, 3.05) is 13.2 Å². The van der Waals surface area contributed by atoms with Crippen LogP contribution in [-0.4, -0.2) is 29.2 Å². The Kier molecular flexibility index (Phi) is 4.88. The lowest BCUT2D eigenvalue weighted by molar-refractivity contribution is -0.140. The van der Waals surface area contributed by atoms with Gasteiger partial charge in [0.25, 0.3) is 0 Å². The minimum absolute atomic E-state index is 0.0838. The van der Waals surface area contributed by atoms with E-state index in [1.165, 1.54) is 6.07 Å². The van der Waals surface area contributed by atoms with E-state index in [9.17, 15) is 22.7 Å². The van der Waals surface area contributed by atoms with Gasteiger partial charge < -0.3 is 5.11 Å². The minimum Gasteiger partial charge on any atom is -0.396 e. The average molecular weight is 305 g/mol. The van der Waals surface area contributed by atoms with E-state index < -0.39 is 17.6 Å². The molecular formula is C15H19F4NO. The van der Waals surface area contributed by atoms with Gasteiger partial charge in [-0.25, -0.2) is 4.39 Å². The van der Waals surface area contributed by atoms with Crippen molar-refractivity contribution in [1.29, 1.82) is 0 Å². The molecule has 0 bridgehead atoms. The van der Waals surface area contributed by atoms with E-state index in [0.717, 1.165) is 25.0 Å². The van der Waals surface area contributed by atoms with Gasteiger partial charge in [0.05, 0.1) is 5.56 Å². The number of benzene rings is 1. The summed E-state index contributed by atoms with van der Waals surface area (Å²) in [6.45, 7) is 3.08. The zero-order chi connectivity index (χ0) is 15.6. The number of rotatable bonds is 3. The summed E-state index contributed by atoms with van der Waals surface area (Å²) in [6.07, 6.45) is -2.86. The monoisotopic (exact) mass is 305 g/mol. The maximum absolute atomic E-state index is 13.3. The minimum atomic E-state index is -4.68. The number of aliphatic hydroxyl groups is 1. The molecule has 2 rings (SSSR count). The summed E-state index contributed by atoms with van der Waals surface area (Å²) in [5, 5.41) is 9.22. The summed E-state index contributed by atoms with van der Waals surface area (Å²) in [7, 11) is 0. The van der Waals surface area contributed by atoms with Gasteiger partial charge in [-0.2, -0.15) is 13.2 Å². The molecule has 0 radical (unpaired) electrons. The fraction of sp³-hybridized carbons (Fsp3) is 0.600. The van der Waals surface area contributed by atoms with Crippen molar-refractivity contribution in [3.63, 3.8) is 0 Å². The molecule has 1 aromatic carbocycles. The molecule has 1 aromatic rings. The summed E-state index contributed by atoms with van der Waals surface area (Å²) < 4.78 is 51.4. The average Bonchev–Trinajstić information content (AvgIpc) is 2.42. The van der Waals surface area contributed by atoms with E-state index in [1.807, 2.05) is 11.8 Å². The lowest BCUT2D eigenvalue weighted by Gasteiger charge is -2.37. The van der Waals surface area contributed by atoms with Gasteiger partial charge in [-0.3, -0.25) is 4.90 Å². The van der Waals surface area contributed by atoms with Crippen LogP contribution < -0.4 is 0 Å². The second-order valence-electron chi connectivity index (χ2n) is 5.72. The van der Waals surface area contributed by atoms with Crippen LogP contribution in [0.5, 0.6) is 0 Å². The quantitative estimate of drug-likeness (QED) is 0.865. The molecular weight excluding hydrogens is 286 g/mol. The highest BCUT2D eigenvalue weighted by Gasteiger charge is 2.34. The topological polar surface area (TPSA) is 23.5 Å². The molecule has 0 saturated carbocycles. The fourth-order valence-corrected chi connectivity index (χ4v) is 2.75. The van der Waals surface area contributed by atoms with Gasteiger partial charge in [0.15, 0.2) is 0 Å². The van der Waals surface area contributed by atoms with Crippen LogP contribution in [0.2, 0.25) is 0 Å². The van der Waals surface area contributed by atoms with Crippen molar-refractivity contribution in [3.05, 3.63) is 35.1 Å². The molecule has 1 aliphatic rings. The van der Waals surface area contributed by atoms with E-state index >= 15 is 0 Å². The molecule has 2 atom stereocenters. The molecule has 0 aromatic heterocycles. The van der Waals surface area contributed by atoms with Crippen molar-refractivity contribution in [3.8, 4) is 0 Å². The molecule has 1 fully saturated rings. The first-order chi connectivity index (χ1) is 9.81. The predicted molar refractivity (Wildman–Crippen MR) is 71.1 cm³/mol. The lowest BCUT2D eigenvalue weighted by atomic mass is 9.93. The Balaban J connectivity index is 2.15. The second kappa shape index (κ2) is 6.32. The highest BCUT2D eigenvalue weighted by Crippen LogP contribution is 2.32. The second-order valence-corrected chi connectivity index (χ2v) is 5.72. The molecule has 0 spiro atoms. The zero-order valence-electron chi connectivity index (χ0n) is 11.8. The van der Waals surface area contributed by atoms with Crippen LogP contribution in [0.1, 0.15) is 30.9 Å². The van der Waals surface area contributed by atoms with Crippen LogP contribution >= 0.6 is 0 Å².